The maximum Gasteiger partial charge on any atom is 0.268 e. The minimum absolute atomic E-state index is 0.0756. The maximum absolute atomic E-state index is 12.6. The van der Waals surface area contributed by atoms with E-state index in [1.165, 1.54) is 0 Å². The highest BCUT2D eigenvalue weighted by Crippen LogP contribution is 2.29. The molecule has 0 bridgehead atoms. The predicted octanol–water partition coefficient (Wildman–Crippen LogP) is 2.11. The molecule has 0 saturated carbocycles. The SMILES string of the molecule is N#CB1CCC(N2CCc3cc(O)ccc3C2=O)CC1. The van der Waals surface area contributed by atoms with Gasteiger partial charge in [0.1, 0.15) is 5.75 Å². The maximum atomic E-state index is 12.6. The molecule has 1 fully saturated rings. The molecule has 1 aromatic rings. The van der Waals surface area contributed by atoms with Crippen molar-refractivity contribution in [3.8, 4) is 11.7 Å². The number of carbonyl (C=O) groups is 1. The quantitative estimate of drug-likeness (QED) is 0.793. The van der Waals surface area contributed by atoms with Gasteiger partial charge in [0.2, 0.25) is 0 Å². The van der Waals surface area contributed by atoms with Crippen molar-refractivity contribution in [2.75, 3.05) is 6.54 Å². The summed E-state index contributed by atoms with van der Waals surface area (Å²) >= 11 is 0. The fourth-order valence-electron chi connectivity index (χ4n) is 3.36. The van der Waals surface area contributed by atoms with E-state index in [0.717, 1.165) is 49.6 Å². The number of fused-ring (bicyclic) bond motifs is 1. The van der Waals surface area contributed by atoms with Crippen LogP contribution in [-0.2, 0) is 6.42 Å². The summed E-state index contributed by atoms with van der Waals surface area (Å²) in [5.74, 6) is 2.63. The number of hydrogen-bond acceptors (Lipinski definition) is 3. The van der Waals surface area contributed by atoms with Crippen molar-refractivity contribution < 1.29 is 9.90 Å². The van der Waals surface area contributed by atoms with Crippen LogP contribution in [0.5, 0.6) is 5.75 Å². The van der Waals surface area contributed by atoms with Crippen LogP contribution in [0.3, 0.4) is 0 Å². The van der Waals surface area contributed by atoms with Gasteiger partial charge in [-0.2, -0.15) is 0 Å². The van der Waals surface area contributed by atoms with Gasteiger partial charge in [0.25, 0.3) is 12.6 Å². The first-order chi connectivity index (χ1) is 9.69. The average molecular weight is 268 g/mol. The molecular formula is C15H17BN2O2. The van der Waals surface area contributed by atoms with E-state index in [-0.39, 0.29) is 24.4 Å². The monoisotopic (exact) mass is 268 g/mol. The van der Waals surface area contributed by atoms with Gasteiger partial charge in [0, 0.05) is 24.1 Å². The number of benzene rings is 1. The highest BCUT2D eigenvalue weighted by Gasteiger charge is 2.33. The van der Waals surface area contributed by atoms with Crippen LogP contribution in [0.4, 0.5) is 0 Å². The number of nitriles is 1. The third-order valence-electron chi connectivity index (χ3n) is 4.52. The van der Waals surface area contributed by atoms with E-state index < -0.39 is 0 Å². The molecule has 0 aromatic heterocycles. The molecule has 102 valence electrons. The molecule has 3 rings (SSSR count). The number of phenolic OH excluding ortho intramolecular Hbond substituents is 1. The smallest absolute Gasteiger partial charge is 0.268 e. The molecular weight excluding hydrogens is 251 g/mol. The molecule has 1 aromatic carbocycles. The molecule has 1 saturated heterocycles. The van der Waals surface area contributed by atoms with E-state index in [4.69, 9.17) is 5.26 Å². The average Bonchev–Trinajstić information content (AvgIpc) is 2.48. The van der Waals surface area contributed by atoms with Gasteiger partial charge in [-0.3, -0.25) is 4.79 Å². The van der Waals surface area contributed by atoms with E-state index >= 15 is 0 Å². The van der Waals surface area contributed by atoms with Crippen LogP contribution < -0.4 is 0 Å². The summed E-state index contributed by atoms with van der Waals surface area (Å²) in [5.41, 5.74) is 1.66. The highest BCUT2D eigenvalue weighted by molar-refractivity contribution is 6.67. The van der Waals surface area contributed by atoms with Crippen LogP contribution in [0.15, 0.2) is 18.2 Å². The molecule has 0 atom stereocenters. The summed E-state index contributed by atoms with van der Waals surface area (Å²) in [6.07, 6.45) is 4.45. The van der Waals surface area contributed by atoms with E-state index in [9.17, 15) is 9.90 Å². The van der Waals surface area contributed by atoms with Crippen molar-refractivity contribution in [2.24, 2.45) is 0 Å². The number of amides is 1. The van der Waals surface area contributed by atoms with Gasteiger partial charge in [0.05, 0.1) is 0 Å². The zero-order chi connectivity index (χ0) is 14.1. The Morgan fingerprint density at radius 3 is 2.80 bits per heavy atom. The summed E-state index contributed by atoms with van der Waals surface area (Å²) < 4.78 is 0. The molecule has 0 spiro atoms. The van der Waals surface area contributed by atoms with Crippen LogP contribution in [0.2, 0.25) is 12.6 Å². The Hall–Kier alpha value is -1.96. The second-order valence-corrected chi connectivity index (χ2v) is 5.72. The fourth-order valence-corrected chi connectivity index (χ4v) is 3.36. The number of hydrogen-bond donors (Lipinski definition) is 1. The summed E-state index contributed by atoms with van der Waals surface area (Å²) in [7, 11) is 0. The van der Waals surface area contributed by atoms with Crippen LogP contribution in [0.1, 0.15) is 28.8 Å². The van der Waals surface area contributed by atoms with Crippen molar-refractivity contribution >= 4 is 12.6 Å². The molecule has 2 aliphatic rings. The van der Waals surface area contributed by atoms with Gasteiger partial charge in [-0.1, -0.05) is 12.6 Å². The summed E-state index contributed by atoms with van der Waals surface area (Å²) in [5, 5.41) is 18.4. The van der Waals surface area contributed by atoms with Crippen molar-refractivity contribution in [1.29, 1.82) is 5.26 Å². The van der Waals surface area contributed by atoms with Gasteiger partial charge in [-0.05, 0) is 43.0 Å². The van der Waals surface area contributed by atoms with Crippen LogP contribution in [-0.4, -0.2) is 35.2 Å². The molecule has 20 heavy (non-hydrogen) atoms. The molecule has 1 amide bonds. The van der Waals surface area contributed by atoms with E-state index in [1.54, 1.807) is 18.2 Å². The van der Waals surface area contributed by atoms with E-state index in [0.29, 0.717) is 0 Å². The van der Waals surface area contributed by atoms with Gasteiger partial charge >= 0.3 is 0 Å². The third-order valence-corrected chi connectivity index (χ3v) is 4.52. The molecule has 2 heterocycles. The number of rotatable bonds is 1. The lowest BCUT2D eigenvalue weighted by molar-refractivity contribution is 0.0644. The Balaban J connectivity index is 1.76. The zero-order valence-electron chi connectivity index (χ0n) is 11.4. The van der Waals surface area contributed by atoms with Gasteiger partial charge < -0.3 is 10.0 Å². The lowest BCUT2D eigenvalue weighted by atomic mass is 9.42. The Morgan fingerprint density at radius 2 is 2.10 bits per heavy atom. The van der Waals surface area contributed by atoms with Gasteiger partial charge in [0.15, 0.2) is 0 Å². The van der Waals surface area contributed by atoms with Crippen molar-refractivity contribution in [2.45, 2.75) is 37.9 Å². The predicted molar refractivity (Wildman–Crippen MR) is 76.9 cm³/mol. The molecule has 0 radical (unpaired) electrons. The van der Waals surface area contributed by atoms with E-state index in [1.807, 2.05) is 4.90 Å². The van der Waals surface area contributed by atoms with Crippen LogP contribution in [0.25, 0.3) is 0 Å². The summed E-state index contributed by atoms with van der Waals surface area (Å²) in [4.78, 5) is 14.5. The second kappa shape index (κ2) is 5.20. The molecule has 1 N–H and O–H groups in total. The highest BCUT2D eigenvalue weighted by atomic mass is 16.3. The third kappa shape index (κ3) is 2.26. The Kier molecular flexibility index (Phi) is 3.39. The van der Waals surface area contributed by atoms with Crippen molar-refractivity contribution in [3.05, 3.63) is 29.3 Å². The van der Waals surface area contributed by atoms with E-state index in [2.05, 4.69) is 5.97 Å². The number of aromatic hydroxyl groups is 1. The molecule has 4 nitrogen and oxygen atoms in total. The fraction of sp³-hybridized carbons (Fsp3) is 0.467. The number of carbonyl (C=O) groups excluding carboxylic acids is 1. The number of nitrogens with zero attached hydrogens (tertiary/aromatic N) is 2. The molecule has 0 unspecified atom stereocenters. The standard InChI is InChI=1S/C15H17BN2O2/c17-10-16-6-3-12(4-7-16)18-8-5-11-9-13(19)1-2-14(11)15(18)20/h1-2,9,12,19H,3-8H2. The Labute approximate surface area is 119 Å². The largest absolute Gasteiger partial charge is 0.508 e. The first-order valence-corrected chi connectivity index (χ1v) is 7.21. The zero-order valence-corrected chi connectivity index (χ0v) is 11.4. The summed E-state index contributed by atoms with van der Waals surface area (Å²) in [6.45, 7) is 0.882. The van der Waals surface area contributed by atoms with Crippen molar-refractivity contribution in [3.63, 3.8) is 0 Å². The first kappa shape index (κ1) is 13.0. The Bertz CT molecular complexity index is 574. The minimum atomic E-state index is 0.0756. The normalized spacial score (nSPS) is 19.6. The number of phenols is 1. The first-order valence-electron chi connectivity index (χ1n) is 7.21. The van der Waals surface area contributed by atoms with Gasteiger partial charge in [-0.15, -0.1) is 0 Å². The molecule has 0 aliphatic carbocycles. The van der Waals surface area contributed by atoms with Gasteiger partial charge in [-0.25, -0.2) is 5.26 Å². The minimum Gasteiger partial charge on any atom is -0.508 e. The molecule has 2 aliphatic heterocycles. The lowest BCUT2D eigenvalue weighted by Crippen LogP contribution is -2.46. The Morgan fingerprint density at radius 1 is 1.35 bits per heavy atom. The van der Waals surface area contributed by atoms with Crippen LogP contribution in [0, 0.1) is 11.2 Å². The lowest BCUT2D eigenvalue weighted by Gasteiger charge is -2.38. The van der Waals surface area contributed by atoms with Crippen molar-refractivity contribution in [1.82, 2.24) is 4.90 Å². The van der Waals surface area contributed by atoms with Crippen LogP contribution >= 0.6 is 0 Å². The molecule has 5 heteroatoms. The topological polar surface area (TPSA) is 64.3 Å². The second-order valence-electron chi connectivity index (χ2n) is 5.72. The summed E-state index contributed by atoms with van der Waals surface area (Å²) in [6, 6.07) is 5.26.